The van der Waals surface area contributed by atoms with E-state index in [9.17, 15) is 4.79 Å². The Morgan fingerprint density at radius 3 is 2.43 bits per heavy atom. The number of hydrogen-bond acceptors (Lipinski definition) is 2. The van der Waals surface area contributed by atoms with E-state index in [-0.39, 0.29) is 5.91 Å². The van der Waals surface area contributed by atoms with E-state index in [1.807, 2.05) is 0 Å². The Morgan fingerprint density at radius 2 is 1.68 bits per heavy atom. The lowest BCUT2D eigenvalue weighted by atomic mass is 9.47. The fourth-order valence-corrected chi connectivity index (χ4v) is 8.09. The zero-order valence-electron chi connectivity index (χ0n) is 17.7. The van der Waals surface area contributed by atoms with Crippen molar-refractivity contribution in [2.75, 3.05) is 7.11 Å². The Kier molecular flexibility index (Phi) is 4.30. The van der Waals surface area contributed by atoms with Crippen LogP contribution < -0.4 is 10.1 Å². The van der Waals surface area contributed by atoms with Crippen LogP contribution in [0.1, 0.15) is 76.7 Å². The molecule has 152 valence electrons. The number of nitrogens with one attached hydrogen (secondary N) is 1. The van der Waals surface area contributed by atoms with E-state index in [2.05, 4.69) is 43.4 Å². The summed E-state index contributed by atoms with van der Waals surface area (Å²) in [7, 11) is 1.74. The second-order valence-electron chi connectivity index (χ2n) is 10.5. The van der Waals surface area contributed by atoms with Crippen LogP contribution in [0.5, 0.6) is 5.75 Å². The smallest absolute Gasteiger partial charge is 0.220 e. The lowest BCUT2D eigenvalue weighted by Crippen LogP contribution is -2.60. The van der Waals surface area contributed by atoms with Crippen molar-refractivity contribution in [3.8, 4) is 5.75 Å². The van der Waals surface area contributed by atoms with Crippen LogP contribution >= 0.6 is 0 Å². The van der Waals surface area contributed by atoms with Gasteiger partial charge in [-0.05, 0) is 97.1 Å². The highest BCUT2D eigenvalue weighted by molar-refractivity contribution is 5.77. The Bertz CT molecular complexity index is 758. The molecule has 1 heterocycles. The Morgan fingerprint density at radius 1 is 0.929 bits per heavy atom. The Balaban J connectivity index is 1.41. The molecule has 3 heteroatoms. The number of amides is 1. The van der Waals surface area contributed by atoms with Crippen LogP contribution in [-0.4, -0.2) is 19.1 Å². The van der Waals surface area contributed by atoms with Gasteiger partial charge in [-0.1, -0.05) is 26.0 Å². The molecular formula is C25H35NO2. The van der Waals surface area contributed by atoms with Crippen molar-refractivity contribution in [1.82, 2.24) is 5.32 Å². The summed E-state index contributed by atoms with van der Waals surface area (Å²) in [5.41, 5.74) is 2.25. The minimum Gasteiger partial charge on any atom is -0.497 e. The van der Waals surface area contributed by atoms with Gasteiger partial charge in [0.25, 0.3) is 0 Å². The maximum Gasteiger partial charge on any atom is 0.220 e. The largest absolute Gasteiger partial charge is 0.497 e. The minimum absolute atomic E-state index is 0.280. The van der Waals surface area contributed by atoms with E-state index in [1.54, 1.807) is 7.11 Å². The predicted molar refractivity (Wildman–Crippen MR) is 111 cm³/mol. The van der Waals surface area contributed by atoms with Crippen LogP contribution in [0.3, 0.4) is 0 Å². The van der Waals surface area contributed by atoms with Gasteiger partial charge in [-0.2, -0.15) is 0 Å². The van der Waals surface area contributed by atoms with E-state index in [1.165, 1.54) is 44.1 Å². The summed E-state index contributed by atoms with van der Waals surface area (Å²) >= 11 is 0. The molecule has 1 N–H and O–H groups in total. The molecule has 1 aromatic rings. The molecule has 4 fully saturated rings. The summed E-state index contributed by atoms with van der Waals surface area (Å²) in [6, 6.07) is 9.29. The fraction of sp³-hybridized carbons (Fsp3) is 0.720. The van der Waals surface area contributed by atoms with Crippen molar-refractivity contribution in [2.45, 2.75) is 77.2 Å². The molecule has 4 aliphatic rings. The molecule has 1 aliphatic heterocycles. The highest BCUT2D eigenvalue weighted by Crippen LogP contribution is 2.67. The molecule has 5 rings (SSSR count). The van der Waals surface area contributed by atoms with Crippen LogP contribution in [0.15, 0.2) is 24.3 Å². The molecule has 0 aromatic heterocycles. The zero-order valence-corrected chi connectivity index (χ0v) is 17.7. The van der Waals surface area contributed by atoms with Crippen LogP contribution in [0.4, 0.5) is 0 Å². The molecule has 1 saturated heterocycles. The van der Waals surface area contributed by atoms with Gasteiger partial charge < -0.3 is 10.1 Å². The molecule has 7 atom stereocenters. The number of carbonyl (C=O) groups is 1. The van der Waals surface area contributed by atoms with Crippen molar-refractivity contribution in [2.24, 2.45) is 28.6 Å². The summed E-state index contributed by atoms with van der Waals surface area (Å²) in [6.07, 6.45) is 9.70. The second kappa shape index (κ2) is 6.50. The molecule has 3 nitrogen and oxygen atoms in total. The van der Waals surface area contributed by atoms with E-state index in [0.29, 0.717) is 22.8 Å². The lowest BCUT2D eigenvalue weighted by molar-refractivity contribution is -0.136. The summed E-state index contributed by atoms with van der Waals surface area (Å²) < 4.78 is 5.37. The van der Waals surface area contributed by atoms with Crippen molar-refractivity contribution >= 4 is 5.91 Å². The standard InChI is InChI=1S/C25H35NO2/c1-24-14-12-21-18(8-11-22-25(21,2)15-13-23(27)26-22)20(24)10-9-19(24)16-4-6-17(28-3)7-5-16/h4-7,18-22H,8-15H2,1-3H3,(H,26,27)/t18-,19?,20-,21+,22?,24+,25+/m0/s1. The molecule has 1 amide bonds. The van der Waals surface area contributed by atoms with Gasteiger partial charge in [-0.3, -0.25) is 4.79 Å². The van der Waals surface area contributed by atoms with E-state index in [0.717, 1.165) is 36.3 Å². The van der Waals surface area contributed by atoms with Gasteiger partial charge in [0.05, 0.1) is 7.11 Å². The summed E-state index contributed by atoms with van der Waals surface area (Å²) in [5, 5.41) is 3.36. The van der Waals surface area contributed by atoms with Gasteiger partial charge in [-0.25, -0.2) is 0 Å². The molecule has 28 heavy (non-hydrogen) atoms. The van der Waals surface area contributed by atoms with Crippen LogP contribution in [0, 0.1) is 28.6 Å². The summed E-state index contributed by atoms with van der Waals surface area (Å²) in [4.78, 5) is 12.0. The van der Waals surface area contributed by atoms with E-state index >= 15 is 0 Å². The molecule has 0 radical (unpaired) electrons. The molecule has 0 spiro atoms. The van der Waals surface area contributed by atoms with E-state index < -0.39 is 0 Å². The van der Waals surface area contributed by atoms with Gasteiger partial charge in [0.2, 0.25) is 5.91 Å². The van der Waals surface area contributed by atoms with Crippen molar-refractivity contribution in [3.63, 3.8) is 0 Å². The maximum atomic E-state index is 12.0. The first-order valence-corrected chi connectivity index (χ1v) is 11.4. The summed E-state index contributed by atoms with van der Waals surface area (Å²) in [6.45, 7) is 5.08. The van der Waals surface area contributed by atoms with Crippen LogP contribution in [-0.2, 0) is 4.79 Å². The average molecular weight is 382 g/mol. The number of benzene rings is 1. The molecule has 0 bridgehead atoms. The van der Waals surface area contributed by atoms with Crippen molar-refractivity contribution < 1.29 is 9.53 Å². The first-order valence-electron chi connectivity index (χ1n) is 11.4. The normalized spacial score (nSPS) is 44.8. The van der Waals surface area contributed by atoms with Gasteiger partial charge in [0.15, 0.2) is 0 Å². The van der Waals surface area contributed by atoms with Gasteiger partial charge in [0, 0.05) is 12.5 Å². The zero-order chi connectivity index (χ0) is 19.5. The third-order valence-electron chi connectivity index (χ3n) is 9.61. The SMILES string of the molecule is COc1ccc(C2CC[C@H]3[C@@H]4CCC5NC(=O)CC[C@]5(C)[C@@H]4CC[C@]23C)cc1. The van der Waals surface area contributed by atoms with Gasteiger partial charge >= 0.3 is 0 Å². The number of fused-ring (bicyclic) bond motifs is 5. The average Bonchev–Trinajstić information content (AvgIpc) is 3.06. The third kappa shape index (κ3) is 2.57. The van der Waals surface area contributed by atoms with Gasteiger partial charge in [-0.15, -0.1) is 0 Å². The van der Waals surface area contributed by atoms with Crippen LogP contribution in [0.25, 0.3) is 0 Å². The third-order valence-corrected chi connectivity index (χ3v) is 9.61. The molecular weight excluding hydrogens is 346 g/mol. The quantitative estimate of drug-likeness (QED) is 0.755. The number of hydrogen-bond donors (Lipinski definition) is 1. The first-order chi connectivity index (χ1) is 13.5. The Hall–Kier alpha value is -1.51. The fourth-order valence-electron chi connectivity index (χ4n) is 8.09. The monoisotopic (exact) mass is 381 g/mol. The summed E-state index contributed by atoms with van der Waals surface area (Å²) in [5.74, 6) is 4.40. The second-order valence-corrected chi connectivity index (χ2v) is 10.5. The number of methoxy groups -OCH3 is 1. The number of ether oxygens (including phenoxy) is 1. The number of rotatable bonds is 2. The van der Waals surface area contributed by atoms with Crippen molar-refractivity contribution in [1.29, 1.82) is 0 Å². The highest BCUT2D eigenvalue weighted by Gasteiger charge is 2.60. The Labute approximate surface area is 169 Å². The number of carbonyl (C=O) groups excluding carboxylic acids is 1. The first kappa shape index (κ1) is 18.5. The highest BCUT2D eigenvalue weighted by atomic mass is 16.5. The minimum atomic E-state index is 0.280. The van der Waals surface area contributed by atoms with E-state index in [4.69, 9.17) is 4.74 Å². The maximum absolute atomic E-state index is 12.0. The van der Waals surface area contributed by atoms with Gasteiger partial charge in [0.1, 0.15) is 5.75 Å². The molecule has 3 aliphatic carbocycles. The van der Waals surface area contributed by atoms with Crippen molar-refractivity contribution in [3.05, 3.63) is 29.8 Å². The number of piperidine rings is 1. The predicted octanol–water partition coefficient (Wildman–Crippen LogP) is 5.30. The molecule has 1 aromatic carbocycles. The molecule has 2 unspecified atom stereocenters. The topological polar surface area (TPSA) is 38.3 Å². The molecule has 3 saturated carbocycles. The lowest BCUT2D eigenvalue weighted by Gasteiger charge is -2.60. The van der Waals surface area contributed by atoms with Crippen LogP contribution in [0.2, 0.25) is 0 Å².